The highest BCUT2D eigenvalue weighted by Gasteiger charge is 2.22. The van der Waals surface area contributed by atoms with Gasteiger partial charge in [0.05, 0.1) is 4.90 Å². The molecule has 0 spiro atoms. The lowest BCUT2D eigenvalue weighted by Crippen LogP contribution is -2.14. The van der Waals surface area contributed by atoms with Crippen molar-refractivity contribution in [3.63, 3.8) is 0 Å². The fraction of sp³-hybridized carbons (Fsp3) is 0.188. The number of rotatable bonds is 2. The molecular weight excluding hydrogens is 284 g/mol. The minimum Gasteiger partial charge on any atom is -0.237 e. The second-order valence-electron chi connectivity index (χ2n) is 5.23. The van der Waals surface area contributed by atoms with Gasteiger partial charge in [0.1, 0.15) is 0 Å². The highest BCUT2D eigenvalue weighted by molar-refractivity contribution is 7.90. The summed E-state index contributed by atoms with van der Waals surface area (Å²) in [5.41, 5.74) is 3.18. The van der Waals surface area contributed by atoms with Crippen molar-refractivity contribution in [3.05, 3.63) is 59.4 Å². The fourth-order valence-corrected chi connectivity index (χ4v) is 3.95. The van der Waals surface area contributed by atoms with Gasteiger partial charge in [-0.25, -0.2) is 17.4 Å². The lowest BCUT2D eigenvalue weighted by atomic mass is 10.2. The molecule has 0 saturated carbocycles. The quantitative estimate of drug-likeness (QED) is 0.730. The van der Waals surface area contributed by atoms with E-state index in [-0.39, 0.29) is 4.90 Å². The van der Waals surface area contributed by atoms with Crippen LogP contribution in [0.5, 0.6) is 0 Å². The Balaban J connectivity index is 2.31. The molecule has 3 aromatic rings. The number of fused-ring (bicyclic) bond motifs is 1. The molecule has 0 fully saturated rings. The van der Waals surface area contributed by atoms with E-state index >= 15 is 0 Å². The number of aromatic nitrogens is 2. The highest BCUT2D eigenvalue weighted by atomic mass is 32.2. The summed E-state index contributed by atoms with van der Waals surface area (Å²) in [5.74, 6) is 0. The molecule has 3 rings (SSSR count). The smallest absolute Gasteiger partial charge is 0.237 e. The van der Waals surface area contributed by atoms with Gasteiger partial charge in [0.2, 0.25) is 0 Å². The highest BCUT2D eigenvalue weighted by Crippen LogP contribution is 2.25. The normalized spacial score (nSPS) is 12.0. The van der Waals surface area contributed by atoms with Crippen LogP contribution in [0.15, 0.2) is 47.5 Å². The molecule has 1 aromatic carbocycles. The van der Waals surface area contributed by atoms with Crippen LogP contribution in [0.2, 0.25) is 0 Å². The van der Waals surface area contributed by atoms with Crippen molar-refractivity contribution in [1.29, 1.82) is 0 Å². The molecule has 5 heteroatoms. The molecule has 0 aliphatic heterocycles. The van der Waals surface area contributed by atoms with E-state index in [1.807, 2.05) is 26.0 Å². The molecule has 0 atom stereocenters. The maximum Gasteiger partial charge on any atom is 0.269 e. The van der Waals surface area contributed by atoms with Crippen molar-refractivity contribution >= 4 is 21.1 Å². The summed E-state index contributed by atoms with van der Waals surface area (Å²) in [7, 11) is -3.63. The molecule has 0 radical (unpaired) electrons. The van der Waals surface area contributed by atoms with E-state index in [2.05, 4.69) is 4.98 Å². The summed E-state index contributed by atoms with van der Waals surface area (Å²) in [5, 5.41) is 0.866. The predicted octanol–water partition coefficient (Wildman–Crippen LogP) is 3.20. The Morgan fingerprint density at radius 2 is 1.67 bits per heavy atom. The Morgan fingerprint density at radius 3 is 2.33 bits per heavy atom. The predicted molar refractivity (Wildman–Crippen MR) is 83.0 cm³/mol. The van der Waals surface area contributed by atoms with E-state index in [1.165, 1.54) is 3.97 Å². The first-order valence-corrected chi connectivity index (χ1v) is 8.11. The number of hydrogen-bond donors (Lipinski definition) is 0. The van der Waals surface area contributed by atoms with E-state index in [0.29, 0.717) is 11.3 Å². The molecule has 2 heterocycles. The number of hydrogen-bond acceptors (Lipinski definition) is 3. The van der Waals surface area contributed by atoms with E-state index in [4.69, 9.17) is 0 Å². The lowest BCUT2D eigenvalue weighted by Gasteiger charge is -2.09. The third kappa shape index (κ3) is 2.14. The summed E-state index contributed by atoms with van der Waals surface area (Å²) in [6, 6.07) is 10.6. The van der Waals surface area contributed by atoms with Gasteiger partial charge < -0.3 is 0 Å². The zero-order valence-electron chi connectivity index (χ0n) is 12.2. The molecule has 0 N–H and O–H groups in total. The van der Waals surface area contributed by atoms with Gasteiger partial charge in [-0.1, -0.05) is 17.7 Å². The van der Waals surface area contributed by atoms with Gasteiger partial charge in [-0.2, -0.15) is 0 Å². The van der Waals surface area contributed by atoms with Gasteiger partial charge in [0.15, 0.2) is 5.65 Å². The minimum absolute atomic E-state index is 0.275. The van der Waals surface area contributed by atoms with Crippen LogP contribution in [-0.4, -0.2) is 17.4 Å². The molecule has 0 saturated heterocycles. The van der Waals surface area contributed by atoms with E-state index < -0.39 is 10.0 Å². The van der Waals surface area contributed by atoms with Crippen molar-refractivity contribution in [3.8, 4) is 0 Å². The third-order valence-corrected chi connectivity index (χ3v) is 5.42. The maximum atomic E-state index is 12.9. The van der Waals surface area contributed by atoms with Crippen LogP contribution >= 0.6 is 0 Å². The van der Waals surface area contributed by atoms with Crippen molar-refractivity contribution in [2.24, 2.45) is 0 Å². The molecular formula is C16H16N2O2S. The second-order valence-corrected chi connectivity index (χ2v) is 7.02. The first-order chi connectivity index (χ1) is 9.91. The van der Waals surface area contributed by atoms with Crippen molar-refractivity contribution in [2.45, 2.75) is 25.7 Å². The number of benzene rings is 1. The van der Waals surface area contributed by atoms with Gasteiger partial charge in [-0.05, 0) is 50.6 Å². The first-order valence-electron chi connectivity index (χ1n) is 6.67. The Hall–Kier alpha value is -2.14. The molecule has 0 aliphatic carbocycles. The largest absolute Gasteiger partial charge is 0.269 e. The van der Waals surface area contributed by atoms with Crippen LogP contribution in [0.1, 0.15) is 16.8 Å². The molecule has 21 heavy (non-hydrogen) atoms. The van der Waals surface area contributed by atoms with Gasteiger partial charge >= 0.3 is 0 Å². The van der Waals surface area contributed by atoms with Crippen molar-refractivity contribution in [1.82, 2.24) is 8.96 Å². The van der Waals surface area contributed by atoms with Crippen LogP contribution in [-0.2, 0) is 10.0 Å². The summed E-state index contributed by atoms with van der Waals surface area (Å²) < 4.78 is 27.1. The van der Waals surface area contributed by atoms with E-state index in [1.54, 1.807) is 37.4 Å². The summed E-state index contributed by atoms with van der Waals surface area (Å²) in [6.07, 6.45) is 1.64. The summed E-state index contributed by atoms with van der Waals surface area (Å²) in [6.45, 7) is 5.66. The Labute approximate surface area is 124 Å². The van der Waals surface area contributed by atoms with Gasteiger partial charge in [0, 0.05) is 17.3 Å². The van der Waals surface area contributed by atoms with Crippen LogP contribution < -0.4 is 0 Å². The van der Waals surface area contributed by atoms with Gasteiger partial charge in [-0.3, -0.25) is 0 Å². The Morgan fingerprint density at radius 1 is 1.00 bits per heavy atom. The minimum atomic E-state index is -3.63. The van der Waals surface area contributed by atoms with Crippen LogP contribution in [0.4, 0.5) is 0 Å². The van der Waals surface area contributed by atoms with Gasteiger partial charge in [-0.15, -0.1) is 0 Å². The molecule has 2 aromatic heterocycles. The molecule has 0 bridgehead atoms. The molecule has 0 unspecified atom stereocenters. The number of nitrogens with zero attached hydrogens (tertiary/aromatic N) is 2. The summed E-state index contributed by atoms with van der Waals surface area (Å²) >= 11 is 0. The summed E-state index contributed by atoms with van der Waals surface area (Å²) in [4.78, 5) is 4.53. The monoisotopic (exact) mass is 300 g/mol. The molecule has 0 aliphatic rings. The van der Waals surface area contributed by atoms with Crippen LogP contribution in [0, 0.1) is 20.8 Å². The van der Waals surface area contributed by atoms with E-state index in [9.17, 15) is 8.42 Å². The standard InChI is InChI=1S/C16H16N2O2S/c1-11-4-6-14(7-5-11)21(19,20)18-13(3)10-15-12(2)8-9-17-16(15)18/h4-10H,1-3H3. The van der Waals surface area contributed by atoms with E-state index in [0.717, 1.165) is 16.5 Å². The SMILES string of the molecule is Cc1ccc(S(=O)(=O)n2c(C)cc3c(C)ccnc32)cc1. The maximum absolute atomic E-state index is 12.9. The Bertz CT molecular complexity index is 923. The fourth-order valence-electron chi connectivity index (χ4n) is 2.45. The van der Waals surface area contributed by atoms with Crippen LogP contribution in [0.25, 0.3) is 11.0 Å². The number of aryl methyl sites for hydroxylation is 3. The average molecular weight is 300 g/mol. The number of pyridine rings is 1. The Kier molecular flexibility index (Phi) is 3.10. The van der Waals surface area contributed by atoms with Gasteiger partial charge in [0.25, 0.3) is 10.0 Å². The van der Waals surface area contributed by atoms with Crippen molar-refractivity contribution in [2.75, 3.05) is 0 Å². The van der Waals surface area contributed by atoms with Crippen LogP contribution in [0.3, 0.4) is 0 Å². The lowest BCUT2D eigenvalue weighted by molar-refractivity contribution is 0.587. The molecule has 108 valence electrons. The molecule has 0 amide bonds. The molecule has 4 nitrogen and oxygen atoms in total. The second kappa shape index (κ2) is 4.70. The zero-order valence-corrected chi connectivity index (χ0v) is 13.0. The topological polar surface area (TPSA) is 52.0 Å². The third-order valence-electron chi connectivity index (χ3n) is 3.61. The average Bonchev–Trinajstić information content (AvgIpc) is 2.77. The zero-order chi connectivity index (χ0) is 15.2. The van der Waals surface area contributed by atoms with Crippen molar-refractivity contribution < 1.29 is 8.42 Å². The first kappa shape index (κ1) is 13.8.